The third-order valence-corrected chi connectivity index (χ3v) is 4.43. The van der Waals surface area contributed by atoms with Crippen molar-refractivity contribution in [3.63, 3.8) is 0 Å². The van der Waals surface area contributed by atoms with Gasteiger partial charge in [0, 0.05) is 30.4 Å². The Labute approximate surface area is 120 Å². The number of aryl methyl sites for hydroxylation is 1. The van der Waals surface area contributed by atoms with Gasteiger partial charge < -0.3 is 16.0 Å². The maximum absolute atomic E-state index is 12.2. The van der Waals surface area contributed by atoms with Crippen molar-refractivity contribution in [1.82, 2.24) is 10.2 Å². The summed E-state index contributed by atoms with van der Waals surface area (Å²) in [4.78, 5) is 14.8. The summed E-state index contributed by atoms with van der Waals surface area (Å²) in [7, 11) is 0. The van der Waals surface area contributed by atoms with Gasteiger partial charge in [-0.25, -0.2) is 0 Å². The van der Waals surface area contributed by atoms with Crippen LogP contribution in [-0.4, -0.2) is 36.5 Å². The number of hydrogen-bond acceptors (Lipinski definition) is 3. The highest BCUT2D eigenvalue weighted by Crippen LogP contribution is 2.31. The molecule has 1 aliphatic heterocycles. The molecule has 108 valence electrons. The van der Waals surface area contributed by atoms with Crippen molar-refractivity contribution in [3.05, 3.63) is 29.3 Å². The molecular weight excluding hydrogens is 250 g/mol. The normalized spacial score (nSPS) is 22.9. The predicted octanol–water partition coefficient (Wildman–Crippen LogP) is 1.79. The van der Waals surface area contributed by atoms with Gasteiger partial charge in [-0.2, -0.15) is 0 Å². The van der Waals surface area contributed by atoms with E-state index in [0.717, 1.165) is 30.3 Å². The molecule has 0 spiro atoms. The van der Waals surface area contributed by atoms with Crippen molar-refractivity contribution in [2.45, 2.75) is 32.2 Å². The molecule has 1 aliphatic carbocycles. The van der Waals surface area contributed by atoms with Crippen molar-refractivity contribution in [2.75, 3.05) is 25.4 Å². The van der Waals surface area contributed by atoms with Crippen LogP contribution in [-0.2, 0) is 0 Å². The van der Waals surface area contributed by atoms with Gasteiger partial charge in [-0.05, 0) is 62.4 Å². The Balaban J connectivity index is 1.51. The zero-order valence-corrected chi connectivity index (χ0v) is 12.1. The number of carbonyl (C=O) groups is 1. The molecule has 1 saturated carbocycles. The van der Waals surface area contributed by atoms with Gasteiger partial charge in [0.25, 0.3) is 5.91 Å². The van der Waals surface area contributed by atoms with E-state index < -0.39 is 0 Å². The van der Waals surface area contributed by atoms with E-state index in [9.17, 15) is 4.79 Å². The second-order valence-electron chi connectivity index (χ2n) is 6.17. The molecule has 0 radical (unpaired) electrons. The number of nitrogen functional groups attached to an aromatic ring is 1. The molecule has 2 aliphatic rings. The van der Waals surface area contributed by atoms with E-state index in [1.807, 2.05) is 19.1 Å². The van der Waals surface area contributed by atoms with E-state index in [1.165, 1.54) is 25.8 Å². The molecule has 1 heterocycles. The molecule has 20 heavy (non-hydrogen) atoms. The standard InChI is InChI=1S/C16H23N3O/c1-11-8-13(17)2-5-15(11)16(20)18-9-12-6-7-19(10-12)14-3-4-14/h2,5,8,12,14H,3-4,6-7,9-10,17H2,1H3,(H,18,20). The van der Waals surface area contributed by atoms with Gasteiger partial charge in [0.05, 0.1) is 0 Å². The third-order valence-electron chi connectivity index (χ3n) is 4.43. The molecule has 1 aromatic rings. The van der Waals surface area contributed by atoms with Crippen LogP contribution in [0.1, 0.15) is 35.2 Å². The second-order valence-corrected chi connectivity index (χ2v) is 6.17. The van der Waals surface area contributed by atoms with E-state index in [4.69, 9.17) is 5.73 Å². The number of benzene rings is 1. The zero-order valence-electron chi connectivity index (χ0n) is 12.1. The molecule has 1 unspecified atom stereocenters. The summed E-state index contributed by atoms with van der Waals surface area (Å²) < 4.78 is 0. The molecule has 2 fully saturated rings. The molecule has 3 N–H and O–H groups in total. The van der Waals surface area contributed by atoms with Gasteiger partial charge in [-0.1, -0.05) is 0 Å². The number of rotatable bonds is 4. The summed E-state index contributed by atoms with van der Waals surface area (Å²) in [5, 5.41) is 3.07. The summed E-state index contributed by atoms with van der Waals surface area (Å²) in [5.41, 5.74) is 8.09. The number of hydrogen-bond donors (Lipinski definition) is 2. The lowest BCUT2D eigenvalue weighted by molar-refractivity contribution is 0.0947. The quantitative estimate of drug-likeness (QED) is 0.822. The summed E-state index contributed by atoms with van der Waals surface area (Å²) in [5.74, 6) is 0.626. The summed E-state index contributed by atoms with van der Waals surface area (Å²) in [6.07, 6.45) is 3.94. The maximum Gasteiger partial charge on any atom is 0.251 e. The average molecular weight is 273 g/mol. The second kappa shape index (κ2) is 5.44. The van der Waals surface area contributed by atoms with Gasteiger partial charge in [0.2, 0.25) is 0 Å². The largest absolute Gasteiger partial charge is 0.399 e. The Morgan fingerprint density at radius 2 is 2.20 bits per heavy atom. The minimum Gasteiger partial charge on any atom is -0.399 e. The molecule has 1 aromatic carbocycles. The van der Waals surface area contributed by atoms with E-state index in [-0.39, 0.29) is 5.91 Å². The van der Waals surface area contributed by atoms with Crippen molar-refractivity contribution in [1.29, 1.82) is 0 Å². The van der Waals surface area contributed by atoms with Gasteiger partial charge in [0.1, 0.15) is 0 Å². The smallest absolute Gasteiger partial charge is 0.251 e. The highest BCUT2D eigenvalue weighted by Gasteiger charge is 2.34. The average Bonchev–Trinajstić information content (AvgIpc) is 3.15. The third kappa shape index (κ3) is 2.96. The Morgan fingerprint density at radius 3 is 2.90 bits per heavy atom. The molecule has 0 bridgehead atoms. The van der Waals surface area contributed by atoms with E-state index in [2.05, 4.69) is 10.2 Å². The van der Waals surface area contributed by atoms with Gasteiger partial charge in [0.15, 0.2) is 0 Å². The Hall–Kier alpha value is -1.55. The first-order valence-electron chi connectivity index (χ1n) is 7.52. The van der Waals surface area contributed by atoms with Crippen LogP contribution in [0.4, 0.5) is 5.69 Å². The molecule has 4 nitrogen and oxygen atoms in total. The molecule has 1 atom stereocenters. The molecular formula is C16H23N3O. The lowest BCUT2D eigenvalue weighted by atomic mass is 10.1. The number of amides is 1. The number of likely N-dealkylation sites (tertiary alicyclic amines) is 1. The Kier molecular flexibility index (Phi) is 3.66. The van der Waals surface area contributed by atoms with Gasteiger partial charge in [-0.3, -0.25) is 4.79 Å². The minimum atomic E-state index is 0.0207. The zero-order chi connectivity index (χ0) is 14.1. The predicted molar refractivity (Wildman–Crippen MR) is 80.6 cm³/mol. The number of nitrogens with zero attached hydrogens (tertiary/aromatic N) is 1. The summed E-state index contributed by atoms with van der Waals surface area (Å²) >= 11 is 0. The van der Waals surface area contributed by atoms with Gasteiger partial charge in [-0.15, -0.1) is 0 Å². The Bertz CT molecular complexity index is 510. The van der Waals surface area contributed by atoms with Crippen molar-refractivity contribution in [3.8, 4) is 0 Å². The lowest BCUT2D eigenvalue weighted by Gasteiger charge is -2.15. The minimum absolute atomic E-state index is 0.0207. The van der Waals surface area contributed by atoms with Crippen LogP contribution >= 0.6 is 0 Å². The van der Waals surface area contributed by atoms with E-state index in [0.29, 0.717) is 11.6 Å². The summed E-state index contributed by atoms with van der Waals surface area (Å²) in [6.45, 7) is 5.05. The molecule has 0 aromatic heterocycles. The van der Waals surface area contributed by atoms with E-state index >= 15 is 0 Å². The van der Waals surface area contributed by atoms with Gasteiger partial charge >= 0.3 is 0 Å². The molecule has 1 amide bonds. The number of anilines is 1. The fourth-order valence-electron chi connectivity index (χ4n) is 3.07. The first-order chi connectivity index (χ1) is 9.63. The Morgan fingerprint density at radius 1 is 1.40 bits per heavy atom. The van der Waals surface area contributed by atoms with E-state index in [1.54, 1.807) is 6.07 Å². The van der Waals surface area contributed by atoms with Crippen molar-refractivity contribution in [2.24, 2.45) is 5.92 Å². The topological polar surface area (TPSA) is 58.4 Å². The monoisotopic (exact) mass is 273 g/mol. The molecule has 1 saturated heterocycles. The highest BCUT2D eigenvalue weighted by molar-refractivity contribution is 5.96. The van der Waals surface area contributed by atoms with Crippen LogP contribution in [0.3, 0.4) is 0 Å². The lowest BCUT2D eigenvalue weighted by Crippen LogP contribution is -2.31. The van der Waals surface area contributed by atoms with Crippen LogP contribution in [0.2, 0.25) is 0 Å². The first-order valence-corrected chi connectivity index (χ1v) is 7.52. The number of carbonyl (C=O) groups excluding carboxylic acids is 1. The van der Waals surface area contributed by atoms with Crippen LogP contribution < -0.4 is 11.1 Å². The van der Waals surface area contributed by atoms with Crippen molar-refractivity contribution >= 4 is 11.6 Å². The number of nitrogens with one attached hydrogen (secondary N) is 1. The fraction of sp³-hybridized carbons (Fsp3) is 0.562. The van der Waals surface area contributed by atoms with Crippen LogP contribution in [0.15, 0.2) is 18.2 Å². The molecule has 4 heteroatoms. The number of nitrogens with two attached hydrogens (primary N) is 1. The first kappa shape index (κ1) is 13.4. The maximum atomic E-state index is 12.2. The fourth-order valence-corrected chi connectivity index (χ4v) is 3.07. The molecule has 3 rings (SSSR count). The summed E-state index contributed by atoms with van der Waals surface area (Å²) in [6, 6.07) is 6.28. The van der Waals surface area contributed by atoms with Crippen LogP contribution in [0, 0.1) is 12.8 Å². The van der Waals surface area contributed by atoms with Crippen molar-refractivity contribution < 1.29 is 4.79 Å². The highest BCUT2D eigenvalue weighted by atomic mass is 16.1. The SMILES string of the molecule is Cc1cc(N)ccc1C(=O)NCC1CCN(C2CC2)C1. The van der Waals surface area contributed by atoms with Crippen LogP contribution in [0.25, 0.3) is 0 Å². The van der Waals surface area contributed by atoms with Crippen LogP contribution in [0.5, 0.6) is 0 Å².